The summed E-state index contributed by atoms with van der Waals surface area (Å²) in [5, 5.41) is 87.3. The van der Waals surface area contributed by atoms with Gasteiger partial charge < -0.3 is 65.1 Å². The van der Waals surface area contributed by atoms with Gasteiger partial charge in [0, 0.05) is 6.42 Å². The number of allylic oxidation sites excluding steroid dienone is 5. The monoisotopic (exact) mass is 1140 g/mol. The van der Waals surface area contributed by atoms with E-state index in [9.17, 15) is 45.6 Å². The number of carbonyl (C=O) groups excluding carboxylic acids is 1. The number of amides is 1. The van der Waals surface area contributed by atoms with Crippen molar-refractivity contribution in [3.05, 3.63) is 36.5 Å². The zero-order valence-electron chi connectivity index (χ0n) is 50.8. The Morgan fingerprint density at radius 1 is 0.438 bits per heavy atom. The summed E-state index contributed by atoms with van der Waals surface area (Å²) in [4.78, 5) is 13.3. The molecule has 470 valence electrons. The highest BCUT2D eigenvalue weighted by molar-refractivity contribution is 5.76. The number of hydrogen-bond donors (Lipinski definition) is 9. The Morgan fingerprint density at radius 3 is 1.23 bits per heavy atom. The van der Waals surface area contributed by atoms with Crippen LogP contribution in [0, 0.1) is 0 Å². The summed E-state index contributed by atoms with van der Waals surface area (Å²) in [6.45, 7) is 2.81. The maximum atomic E-state index is 13.3. The first-order valence-electron chi connectivity index (χ1n) is 33.2. The number of hydrogen-bond acceptors (Lipinski definition) is 13. The molecule has 14 nitrogen and oxygen atoms in total. The molecular formula is C66H123NO13. The minimum atomic E-state index is -1.79. The van der Waals surface area contributed by atoms with Crippen molar-refractivity contribution in [2.45, 2.75) is 357 Å². The van der Waals surface area contributed by atoms with Crippen LogP contribution in [0.5, 0.6) is 0 Å². The molecule has 12 unspecified atom stereocenters. The summed E-state index contributed by atoms with van der Waals surface area (Å²) in [5.41, 5.74) is 0. The van der Waals surface area contributed by atoms with Crippen LogP contribution in [0.2, 0.25) is 0 Å². The molecule has 0 aromatic rings. The van der Waals surface area contributed by atoms with Crippen molar-refractivity contribution in [2.24, 2.45) is 0 Å². The molecule has 2 saturated heterocycles. The fourth-order valence-corrected chi connectivity index (χ4v) is 11.0. The van der Waals surface area contributed by atoms with Crippen molar-refractivity contribution in [1.82, 2.24) is 5.32 Å². The van der Waals surface area contributed by atoms with E-state index in [4.69, 9.17) is 18.9 Å². The van der Waals surface area contributed by atoms with E-state index in [1.54, 1.807) is 6.08 Å². The molecule has 80 heavy (non-hydrogen) atoms. The van der Waals surface area contributed by atoms with Gasteiger partial charge in [-0.15, -0.1) is 0 Å². The highest BCUT2D eigenvalue weighted by atomic mass is 16.7. The highest BCUT2D eigenvalue weighted by Gasteiger charge is 2.51. The Bertz CT molecular complexity index is 1480. The second-order valence-electron chi connectivity index (χ2n) is 23.6. The zero-order valence-corrected chi connectivity index (χ0v) is 50.8. The van der Waals surface area contributed by atoms with E-state index < -0.39 is 86.8 Å². The molecule has 9 N–H and O–H groups in total. The number of ether oxygens (including phenoxy) is 4. The van der Waals surface area contributed by atoms with Crippen molar-refractivity contribution in [2.75, 3.05) is 19.8 Å². The third-order valence-corrected chi connectivity index (χ3v) is 16.3. The predicted molar refractivity (Wildman–Crippen MR) is 323 cm³/mol. The first-order chi connectivity index (χ1) is 39.1. The van der Waals surface area contributed by atoms with E-state index in [0.717, 1.165) is 44.9 Å². The molecule has 0 aromatic carbocycles. The summed E-state index contributed by atoms with van der Waals surface area (Å²) in [5.74, 6) is -0.248. The number of nitrogens with one attached hydrogen (secondary N) is 1. The third kappa shape index (κ3) is 36.1. The average Bonchev–Trinajstić information content (AvgIpc) is 3.46. The van der Waals surface area contributed by atoms with Crippen molar-refractivity contribution in [3.63, 3.8) is 0 Å². The summed E-state index contributed by atoms with van der Waals surface area (Å²) >= 11 is 0. The topological polar surface area (TPSA) is 228 Å². The lowest BCUT2D eigenvalue weighted by molar-refractivity contribution is -0.359. The second-order valence-corrected chi connectivity index (χ2v) is 23.6. The smallest absolute Gasteiger partial charge is 0.220 e. The van der Waals surface area contributed by atoms with Crippen LogP contribution >= 0.6 is 0 Å². The first-order valence-corrected chi connectivity index (χ1v) is 33.2. The van der Waals surface area contributed by atoms with Gasteiger partial charge >= 0.3 is 0 Å². The third-order valence-electron chi connectivity index (χ3n) is 16.3. The molecule has 12 atom stereocenters. The fourth-order valence-electron chi connectivity index (χ4n) is 11.0. The van der Waals surface area contributed by atoms with Crippen LogP contribution in [0.25, 0.3) is 0 Å². The Labute approximate surface area is 487 Å². The van der Waals surface area contributed by atoms with Crippen LogP contribution in [-0.2, 0) is 23.7 Å². The van der Waals surface area contributed by atoms with Gasteiger partial charge in [-0.3, -0.25) is 4.79 Å². The molecular weight excluding hydrogens is 1010 g/mol. The van der Waals surface area contributed by atoms with Crippen LogP contribution in [-0.4, -0.2) is 140 Å². The van der Waals surface area contributed by atoms with Crippen molar-refractivity contribution in [3.8, 4) is 0 Å². The van der Waals surface area contributed by atoms with Crippen LogP contribution < -0.4 is 5.32 Å². The molecule has 0 bridgehead atoms. The molecule has 2 heterocycles. The molecule has 1 amide bonds. The van der Waals surface area contributed by atoms with Gasteiger partial charge in [0.25, 0.3) is 0 Å². The summed E-state index contributed by atoms with van der Waals surface area (Å²) in [6, 6.07) is -0.936. The Morgan fingerprint density at radius 2 is 0.800 bits per heavy atom. The molecule has 2 aliphatic rings. The average molecular weight is 1140 g/mol. The molecule has 0 saturated carbocycles. The molecule has 0 radical (unpaired) electrons. The van der Waals surface area contributed by atoms with E-state index in [0.29, 0.717) is 12.8 Å². The number of unbranched alkanes of at least 4 members (excludes halogenated alkanes) is 37. The molecule has 2 rings (SSSR count). The van der Waals surface area contributed by atoms with E-state index >= 15 is 0 Å². The highest BCUT2D eigenvalue weighted by Crippen LogP contribution is 2.30. The predicted octanol–water partition coefficient (Wildman–Crippen LogP) is 12.6. The lowest BCUT2D eigenvalue weighted by atomic mass is 9.97. The van der Waals surface area contributed by atoms with Crippen LogP contribution in [0.15, 0.2) is 36.5 Å². The number of aliphatic hydroxyl groups is 8. The quantitative estimate of drug-likeness (QED) is 0.0204. The van der Waals surface area contributed by atoms with Crippen molar-refractivity contribution in [1.29, 1.82) is 0 Å². The van der Waals surface area contributed by atoms with E-state index in [1.807, 2.05) is 6.08 Å². The lowest BCUT2D eigenvalue weighted by Crippen LogP contribution is -2.65. The molecule has 0 aliphatic carbocycles. The van der Waals surface area contributed by atoms with Gasteiger partial charge in [0.2, 0.25) is 5.91 Å². The van der Waals surface area contributed by atoms with Crippen LogP contribution in [0.4, 0.5) is 0 Å². The minimum Gasteiger partial charge on any atom is -0.394 e. The van der Waals surface area contributed by atoms with Gasteiger partial charge in [0.1, 0.15) is 48.8 Å². The van der Waals surface area contributed by atoms with Crippen molar-refractivity contribution >= 4 is 5.91 Å². The van der Waals surface area contributed by atoms with E-state index in [-0.39, 0.29) is 18.9 Å². The summed E-state index contributed by atoms with van der Waals surface area (Å²) in [7, 11) is 0. The number of rotatable bonds is 54. The van der Waals surface area contributed by atoms with E-state index in [1.165, 1.54) is 205 Å². The normalized spacial score (nSPS) is 24.4. The maximum Gasteiger partial charge on any atom is 0.220 e. The van der Waals surface area contributed by atoms with Crippen LogP contribution in [0.1, 0.15) is 284 Å². The summed E-state index contributed by atoms with van der Waals surface area (Å²) in [6.07, 6.45) is 47.7. The maximum absolute atomic E-state index is 13.3. The van der Waals surface area contributed by atoms with Gasteiger partial charge in [-0.25, -0.2) is 0 Å². The first kappa shape index (κ1) is 74.3. The minimum absolute atomic E-state index is 0.248. The van der Waals surface area contributed by atoms with Gasteiger partial charge in [0.15, 0.2) is 12.6 Å². The second kappa shape index (κ2) is 51.6. The Kier molecular flexibility index (Phi) is 47.9. The largest absolute Gasteiger partial charge is 0.394 e. The number of aliphatic hydroxyl groups excluding tert-OH is 8. The lowest BCUT2D eigenvalue weighted by Gasteiger charge is -2.46. The SMILES string of the molecule is CCCCCCCCCCCCCCCCCC/C=C/CC/C=C/CC/C=C/C(O)C(COC1OC(CO)C(OC2OC(CO)C(O)C(O)C2O)C(O)C1O)NC(=O)CCCCCCCCCCCCCCCCCCCCCC. The van der Waals surface area contributed by atoms with Crippen LogP contribution in [0.3, 0.4) is 0 Å². The summed E-state index contributed by atoms with van der Waals surface area (Å²) < 4.78 is 22.8. The zero-order chi connectivity index (χ0) is 58.1. The molecule has 0 aromatic heterocycles. The van der Waals surface area contributed by atoms with Crippen molar-refractivity contribution < 1.29 is 64.6 Å². The molecule has 0 spiro atoms. The Hall–Kier alpha value is -1.79. The Balaban J connectivity index is 1.74. The van der Waals surface area contributed by atoms with E-state index in [2.05, 4.69) is 43.5 Å². The van der Waals surface area contributed by atoms with Gasteiger partial charge in [-0.1, -0.05) is 269 Å². The molecule has 2 fully saturated rings. The van der Waals surface area contributed by atoms with Gasteiger partial charge in [-0.2, -0.15) is 0 Å². The fraction of sp³-hybridized carbons (Fsp3) is 0.894. The van der Waals surface area contributed by atoms with Gasteiger partial charge in [0.05, 0.1) is 32.0 Å². The standard InChI is InChI=1S/C66H123NO13/c1-3-5-7-9-11-13-15-17-19-21-23-25-26-27-28-29-30-31-33-35-37-39-41-43-45-47-49-55(70)54(67-58(71)50-48-46-44-42-40-38-36-34-32-24-22-20-18-16-14-12-10-8-6-4-2)53-77-65-63(76)61(74)64(57(52-69)79-65)80-66-62(75)60(73)59(72)56(51-68)78-66/h31,33,39,41,47,49,54-57,59-66,68-70,72-76H,3-30,32,34-38,40,42-46,48,50-53H2,1-2H3,(H,67,71)/b33-31+,41-39+,49-47+. The molecule has 14 heteroatoms. The van der Waals surface area contributed by atoms with Gasteiger partial charge in [-0.05, 0) is 44.9 Å². The molecule has 2 aliphatic heterocycles. The number of carbonyl (C=O) groups is 1.